The number of rotatable bonds is 6. The van der Waals surface area contributed by atoms with Crippen molar-refractivity contribution in [3.8, 4) is 11.5 Å². The Bertz CT molecular complexity index is 1130. The van der Waals surface area contributed by atoms with Crippen LogP contribution in [0.4, 0.5) is 5.69 Å². The van der Waals surface area contributed by atoms with Crippen molar-refractivity contribution < 1.29 is 14.3 Å². The van der Waals surface area contributed by atoms with Crippen molar-refractivity contribution in [3.63, 3.8) is 0 Å². The molecule has 2 N–H and O–H groups in total. The van der Waals surface area contributed by atoms with Gasteiger partial charge >= 0.3 is 0 Å². The summed E-state index contributed by atoms with van der Waals surface area (Å²) >= 11 is 0. The van der Waals surface area contributed by atoms with Crippen molar-refractivity contribution in [2.75, 3.05) is 19.5 Å². The number of methoxy groups -OCH3 is 2. The SMILES string of the molecule is COc1cc(NC(=NCc2c(C)nn(C)c2C)NC(=O)c2cccc(C)c2)cc(OC)c1. The average Bonchev–Trinajstić information content (AvgIpc) is 3.02. The van der Waals surface area contributed by atoms with Crippen molar-refractivity contribution in [1.29, 1.82) is 0 Å². The number of nitrogens with one attached hydrogen (secondary N) is 2. The lowest BCUT2D eigenvalue weighted by Crippen LogP contribution is -2.36. The normalized spacial score (nSPS) is 11.2. The van der Waals surface area contributed by atoms with Crippen LogP contribution in [0.5, 0.6) is 11.5 Å². The third-order valence-electron chi connectivity index (χ3n) is 5.18. The summed E-state index contributed by atoms with van der Waals surface area (Å²) in [6, 6.07) is 12.8. The molecule has 8 heteroatoms. The summed E-state index contributed by atoms with van der Waals surface area (Å²) in [5.74, 6) is 1.30. The zero-order chi connectivity index (χ0) is 23.3. The van der Waals surface area contributed by atoms with E-state index in [0.717, 1.165) is 22.5 Å². The van der Waals surface area contributed by atoms with Gasteiger partial charge in [0.15, 0.2) is 0 Å². The molecular formula is C24H29N5O3. The quantitative estimate of drug-likeness (QED) is 0.455. The standard InChI is InChI=1S/C24H29N5O3/c1-15-8-7-9-18(10-15)23(30)27-24(25-14-22-16(2)28-29(4)17(22)3)26-19-11-20(31-5)13-21(12-19)32-6/h7-13H,14H2,1-6H3,(H2,25,26,27,30). The number of aromatic nitrogens is 2. The van der Waals surface area contributed by atoms with Crippen molar-refractivity contribution in [2.24, 2.45) is 12.0 Å². The minimum atomic E-state index is -0.255. The zero-order valence-electron chi connectivity index (χ0n) is 19.3. The summed E-state index contributed by atoms with van der Waals surface area (Å²) in [5, 5.41) is 10.5. The van der Waals surface area contributed by atoms with Crippen LogP contribution < -0.4 is 20.1 Å². The Balaban J connectivity index is 1.92. The summed E-state index contributed by atoms with van der Waals surface area (Å²) in [5.41, 5.74) is 5.17. The molecule has 0 unspecified atom stereocenters. The molecule has 0 bridgehead atoms. The number of hydrogen-bond donors (Lipinski definition) is 2. The highest BCUT2D eigenvalue weighted by molar-refractivity contribution is 6.10. The predicted molar refractivity (Wildman–Crippen MR) is 126 cm³/mol. The Kier molecular flexibility index (Phi) is 7.14. The van der Waals surface area contributed by atoms with Gasteiger partial charge in [0, 0.05) is 47.8 Å². The van der Waals surface area contributed by atoms with Gasteiger partial charge in [0.2, 0.25) is 5.96 Å². The van der Waals surface area contributed by atoms with Gasteiger partial charge in [0.1, 0.15) is 11.5 Å². The van der Waals surface area contributed by atoms with E-state index >= 15 is 0 Å². The number of carbonyl (C=O) groups is 1. The van der Waals surface area contributed by atoms with E-state index in [-0.39, 0.29) is 5.91 Å². The van der Waals surface area contributed by atoms with Gasteiger partial charge in [0.25, 0.3) is 5.91 Å². The number of hydrogen-bond acceptors (Lipinski definition) is 5. The maximum atomic E-state index is 12.9. The second kappa shape index (κ2) is 10.00. The topological polar surface area (TPSA) is 89.8 Å². The molecular weight excluding hydrogens is 406 g/mol. The average molecular weight is 436 g/mol. The number of anilines is 1. The van der Waals surface area contributed by atoms with Crippen LogP contribution >= 0.6 is 0 Å². The number of aliphatic imine (C=N–C) groups is 1. The van der Waals surface area contributed by atoms with Crippen LogP contribution in [0.15, 0.2) is 47.5 Å². The first-order valence-corrected chi connectivity index (χ1v) is 10.2. The maximum absolute atomic E-state index is 12.9. The van der Waals surface area contributed by atoms with Gasteiger partial charge in [0.05, 0.1) is 26.5 Å². The van der Waals surface area contributed by atoms with Gasteiger partial charge in [-0.3, -0.25) is 14.8 Å². The molecule has 168 valence electrons. The van der Waals surface area contributed by atoms with Crippen molar-refractivity contribution >= 4 is 17.6 Å². The fourth-order valence-corrected chi connectivity index (χ4v) is 3.30. The zero-order valence-corrected chi connectivity index (χ0v) is 19.3. The lowest BCUT2D eigenvalue weighted by molar-refractivity contribution is 0.0977. The van der Waals surface area contributed by atoms with E-state index < -0.39 is 0 Å². The minimum Gasteiger partial charge on any atom is -0.497 e. The minimum absolute atomic E-state index is 0.255. The molecule has 0 aliphatic rings. The fraction of sp³-hybridized carbons (Fsp3) is 0.292. The monoisotopic (exact) mass is 435 g/mol. The molecule has 0 saturated heterocycles. The van der Waals surface area contributed by atoms with Gasteiger partial charge in [-0.25, -0.2) is 4.99 Å². The molecule has 0 radical (unpaired) electrons. The molecule has 2 aromatic carbocycles. The van der Waals surface area contributed by atoms with E-state index in [1.165, 1.54) is 0 Å². The fourth-order valence-electron chi connectivity index (χ4n) is 3.30. The lowest BCUT2D eigenvalue weighted by atomic mass is 10.1. The Morgan fingerprint density at radius 1 is 1.06 bits per heavy atom. The Morgan fingerprint density at radius 3 is 2.31 bits per heavy atom. The summed E-state index contributed by atoms with van der Waals surface area (Å²) in [6.45, 7) is 6.25. The van der Waals surface area contributed by atoms with E-state index in [2.05, 4.69) is 20.7 Å². The van der Waals surface area contributed by atoms with Crippen LogP contribution in [0, 0.1) is 20.8 Å². The first-order chi connectivity index (χ1) is 15.3. The summed E-state index contributed by atoms with van der Waals surface area (Å²) in [4.78, 5) is 17.6. The third kappa shape index (κ3) is 5.46. The second-order valence-electron chi connectivity index (χ2n) is 7.49. The number of guanidine groups is 1. The van der Waals surface area contributed by atoms with Crippen LogP contribution in [0.25, 0.3) is 0 Å². The smallest absolute Gasteiger partial charge is 0.257 e. The molecule has 0 aliphatic heterocycles. The number of nitrogens with zero attached hydrogens (tertiary/aromatic N) is 3. The number of carbonyl (C=O) groups excluding carboxylic acids is 1. The highest BCUT2D eigenvalue weighted by Gasteiger charge is 2.13. The van der Waals surface area contributed by atoms with Crippen molar-refractivity contribution in [3.05, 3.63) is 70.5 Å². The third-order valence-corrected chi connectivity index (χ3v) is 5.18. The van der Waals surface area contributed by atoms with Crippen molar-refractivity contribution in [2.45, 2.75) is 27.3 Å². The van der Waals surface area contributed by atoms with Crippen LogP contribution in [0.3, 0.4) is 0 Å². The summed E-state index contributed by atoms with van der Waals surface area (Å²) in [7, 11) is 5.07. The molecule has 3 aromatic rings. The largest absolute Gasteiger partial charge is 0.497 e. The van der Waals surface area contributed by atoms with E-state index in [9.17, 15) is 4.79 Å². The highest BCUT2D eigenvalue weighted by atomic mass is 16.5. The molecule has 0 fully saturated rings. The number of ether oxygens (including phenoxy) is 2. The van der Waals surface area contributed by atoms with Crippen LogP contribution in [-0.4, -0.2) is 35.9 Å². The summed E-state index contributed by atoms with van der Waals surface area (Å²) < 4.78 is 12.5. The van der Waals surface area contributed by atoms with Crippen LogP contribution in [-0.2, 0) is 13.6 Å². The molecule has 0 spiro atoms. The molecule has 1 amide bonds. The van der Waals surface area contributed by atoms with Crippen LogP contribution in [0.2, 0.25) is 0 Å². The van der Waals surface area contributed by atoms with E-state index in [4.69, 9.17) is 9.47 Å². The van der Waals surface area contributed by atoms with Gasteiger partial charge in [-0.15, -0.1) is 0 Å². The number of benzene rings is 2. The highest BCUT2D eigenvalue weighted by Crippen LogP contribution is 2.25. The number of aryl methyl sites for hydroxylation is 3. The van der Waals surface area contributed by atoms with Gasteiger partial charge in [-0.05, 0) is 32.9 Å². The molecule has 0 saturated carbocycles. The second-order valence-corrected chi connectivity index (χ2v) is 7.49. The van der Waals surface area contributed by atoms with Gasteiger partial charge < -0.3 is 14.8 Å². The molecule has 32 heavy (non-hydrogen) atoms. The molecule has 1 heterocycles. The first-order valence-electron chi connectivity index (χ1n) is 10.2. The molecule has 8 nitrogen and oxygen atoms in total. The van der Waals surface area contributed by atoms with E-state index in [0.29, 0.717) is 35.3 Å². The van der Waals surface area contributed by atoms with Gasteiger partial charge in [-0.1, -0.05) is 17.7 Å². The summed E-state index contributed by atoms with van der Waals surface area (Å²) in [6.07, 6.45) is 0. The molecule has 3 rings (SSSR count). The van der Waals surface area contributed by atoms with E-state index in [1.54, 1.807) is 38.5 Å². The number of amides is 1. The molecule has 1 aromatic heterocycles. The molecule has 0 aliphatic carbocycles. The Hall–Kier alpha value is -3.81. The van der Waals surface area contributed by atoms with Crippen molar-refractivity contribution in [1.82, 2.24) is 15.1 Å². The Morgan fingerprint density at radius 2 is 1.75 bits per heavy atom. The van der Waals surface area contributed by atoms with Crippen LogP contribution in [0.1, 0.15) is 32.9 Å². The first kappa shape index (κ1) is 22.9. The van der Waals surface area contributed by atoms with Gasteiger partial charge in [-0.2, -0.15) is 5.10 Å². The Labute approximate surface area is 188 Å². The predicted octanol–water partition coefficient (Wildman–Crippen LogP) is 3.76. The van der Waals surface area contributed by atoms with E-state index in [1.807, 2.05) is 50.7 Å². The lowest BCUT2D eigenvalue weighted by Gasteiger charge is -2.14. The molecule has 0 atom stereocenters. The maximum Gasteiger partial charge on any atom is 0.257 e.